The average Bonchev–Trinajstić information content (AvgIpc) is 2.40. The lowest BCUT2D eigenvalue weighted by atomic mass is 9.98. The van der Waals surface area contributed by atoms with E-state index in [-0.39, 0.29) is 0 Å². The third-order valence-electron chi connectivity index (χ3n) is 2.82. The molecule has 0 aromatic carbocycles. The number of thiol groups is 1. The van der Waals surface area contributed by atoms with Gasteiger partial charge in [0.05, 0.1) is 5.75 Å². The van der Waals surface area contributed by atoms with E-state index in [1.165, 1.54) is 0 Å². The minimum Gasteiger partial charge on any atom is -0.212 e. The summed E-state index contributed by atoms with van der Waals surface area (Å²) in [4.78, 5) is 0. The van der Waals surface area contributed by atoms with Crippen molar-refractivity contribution >= 4 is 22.7 Å². The minimum atomic E-state index is -2.93. The van der Waals surface area contributed by atoms with Gasteiger partial charge in [0, 0.05) is 13.1 Å². The summed E-state index contributed by atoms with van der Waals surface area (Å²) in [6.07, 6.45) is 0.778. The summed E-state index contributed by atoms with van der Waals surface area (Å²) in [6.45, 7) is 5.57. The Morgan fingerprint density at radius 3 is 2.43 bits per heavy atom. The maximum atomic E-state index is 11.5. The van der Waals surface area contributed by atoms with Gasteiger partial charge in [-0.05, 0) is 24.0 Å². The topological polar surface area (TPSA) is 37.4 Å². The van der Waals surface area contributed by atoms with Gasteiger partial charge < -0.3 is 0 Å². The Kier molecular flexibility index (Phi) is 4.28. The monoisotopic (exact) mass is 237 g/mol. The highest BCUT2D eigenvalue weighted by Gasteiger charge is 2.30. The molecule has 0 N–H and O–H groups in total. The Morgan fingerprint density at radius 1 is 1.43 bits per heavy atom. The van der Waals surface area contributed by atoms with Crippen LogP contribution in [0.1, 0.15) is 20.3 Å². The van der Waals surface area contributed by atoms with E-state index in [1.54, 1.807) is 4.31 Å². The Labute approximate surface area is 92.3 Å². The van der Waals surface area contributed by atoms with Crippen molar-refractivity contribution in [3.63, 3.8) is 0 Å². The van der Waals surface area contributed by atoms with Gasteiger partial charge in [-0.1, -0.05) is 13.8 Å². The maximum absolute atomic E-state index is 11.5. The molecule has 0 aromatic heterocycles. The third kappa shape index (κ3) is 2.87. The van der Waals surface area contributed by atoms with Gasteiger partial charge in [-0.2, -0.15) is 12.6 Å². The molecule has 5 heteroatoms. The fraction of sp³-hybridized carbons (Fsp3) is 1.00. The van der Waals surface area contributed by atoms with Crippen LogP contribution in [0, 0.1) is 11.8 Å². The van der Waals surface area contributed by atoms with Crippen LogP contribution in [0.3, 0.4) is 0 Å². The van der Waals surface area contributed by atoms with Gasteiger partial charge in [-0.15, -0.1) is 0 Å². The summed E-state index contributed by atoms with van der Waals surface area (Å²) in [5, 5.41) is 0. The summed E-state index contributed by atoms with van der Waals surface area (Å²) in [7, 11) is -2.93. The van der Waals surface area contributed by atoms with E-state index in [1.807, 2.05) is 0 Å². The predicted octanol–water partition coefficient (Wildman–Crippen LogP) is 1.22. The van der Waals surface area contributed by atoms with E-state index in [0.717, 1.165) is 12.2 Å². The zero-order chi connectivity index (χ0) is 10.8. The Balaban J connectivity index is 2.59. The molecule has 1 fully saturated rings. The van der Waals surface area contributed by atoms with Crippen molar-refractivity contribution in [2.45, 2.75) is 20.3 Å². The predicted molar refractivity (Wildman–Crippen MR) is 62.2 cm³/mol. The van der Waals surface area contributed by atoms with Crippen LogP contribution in [0.2, 0.25) is 0 Å². The molecule has 84 valence electrons. The molecule has 1 aliphatic rings. The molecule has 0 aliphatic carbocycles. The highest BCUT2D eigenvalue weighted by Crippen LogP contribution is 2.20. The van der Waals surface area contributed by atoms with Crippen LogP contribution in [0.25, 0.3) is 0 Å². The molecule has 0 aromatic rings. The van der Waals surface area contributed by atoms with Gasteiger partial charge in [0.1, 0.15) is 0 Å². The highest BCUT2D eigenvalue weighted by atomic mass is 32.2. The lowest BCUT2D eigenvalue weighted by molar-refractivity contribution is 0.322. The first-order chi connectivity index (χ1) is 6.47. The van der Waals surface area contributed by atoms with E-state index in [9.17, 15) is 8.42 Å². The van der Waals surface area contributed by atoms with E-state index >= 15 is 0 Å². The molecular formula is C9H19NO2S2. The van der Waals surface area contributed by atoms with Crippen molar-refractivity contribution in [1.82, 2.24) is 4.31 Å². The second kappa shape index (κ2) is 4.86. The zero-order valence-electron chi connectivity index (χ0n) is 8.81. The first kappa shape index (κ1) is 12.3. The molecule has 1 rings (SSSR count). The van der Waals surface area contributed by atoms with Gasteiger partial charge in [0.15, 0.2) is 0 Å². The molecule has 1 saturated heterocycles. The minimum absolute atomic E-state index is 0.324. The molecule has 14 heavy (non-hydrogen) atoms. The molecule has 1 unspecified atom stereocenters. The van der Waals surface area contributed by atoms with Crippen molar-refractivity contribution < 1.29 is 8.42 Å². The average molecular weight is 237 g/mol. The Morgan fingerprint density at radius 2 is 2.07 bits per heavy atom. The third-order valence-corrected chi connectivity index (χ3v) is 5.21. The molecule has 0 radical (unpaired) electrons. The SMILES string of the molecule is CC(C)C(CS)CN1CCCS1(=O)=O. The van der Waals surface area contributed by atoms with Gasteiger partial charge in [0.25, 0.3) is 0 Å². The van der Waals surface area contributed by atoms with Crippen molar-refractivity contribution in [1.29, 1.82) is 0 Å². The highest BCUT2D eigenvalue weighted by molar-refractivity contribution is 7.89. The van der Waals surface area contributed by atoms with Crippen molar-refractivity contribution in [2.24, 2.45) is 11.8 Å². The first-order valence-electron chi connectivity index (χ1n) is 5.06. The first-order valence-corrected chi connectivity index (χ1v) is 7.30. The molecular weight excluding hydrogens is 218 g/mol. The summed E-state index contributed by atoms with van der Waals surface area (Å²) in [6, 6.07) is 0. The van der Waals surface area contributed by atoms with E-state index in [4.69, 9.17) is 0 Å². The molecule has 1 heterocycles. The van der Waals surface area contributed by atoms with Crippen LogP contribution < -0.4 is 0 Å². The number of rotatable bonds is 4. The number of hydrogen-bond acceptors (Lipinski definition) is 3. The molecule has 0 saturated carbocycles. The standard InChI is InChI=1S/C9H19NO2S2/c1-8(2)9(7-13)6-10-4-3-5-14(10,11)12/h8-9,13H,3-7H2,1-2H3. The van der Waals surface area contributed by atoms with Crippen LogP contribution in [-0.4, -0.2) is 37.3 Å². The van der Waals surface area contributed by atoms with Gasteiger partial charge in [-0.25, -0.2) is 12.7 Å². The normalized spacial score (nSPS) is 24.3. The summed E-state index contributed by atoms with van der Waals surface area (Å²) >= 11 is 4.26. The van der Waals surface area contributed by atoms with Crippen LogP contribution in [0.15, 0.2) is 0 Å². The van der Waals surface area contributed by atoms with Gasteiger partial charge in [-0.3, -0.25) is 0 Å². The second-order valence-corrected chi connectivity index (χ2v) is 6.67. The fourth-order valence-electron chi connectivity index (χ4n) is 1.64. The molecule has 1 aliphatic heterocycles. The second-order valence-electron chi connectivity index (χ2n) is 4.21. The smallest absolute Gasteiger partial charge is 0.212 e. The number of nitrogens with zero attached hydrogens (tertiary/aromatic N) is 1. The van der Waals surface area contributed by atoms with E-state index in [0.29, 0.717) is 30.7 Å². The lowest BCUT2D eigenvalue weighted by Gasteiger charge is -2.24. The number of hydrogen-bond donors (Lipinski definition) is 1. The van der Waals surface area contributed by atoms with Gasteiger partial charge >= 0.3 is 0 Å². The number of sulfonamides is 1. The van der Waals surface area contributed by atoms with Crippen LogP contribution >= 0.6 is 12.6 Å². The van der Waals surface area contributed by atoms with Crippen LogP contribution in [0.4, 0.5) is 0 Å². The molecule has 0 spiro atoms. The molecule has 0 amide bonds. The Hall–Kier alpha value is 0.260. The summed E-state index contributed by atoms with van der Waals surface area (Å²) in [5.41, 5.74) is 0. The summed E-state index contributed by atoms with van der Waals surface area (Å²) < 4.78 is 24.7. The maximum Gasteiger partial charge on any atom is 0.214 e. The quantitative estimate of drug-likeness (QED) is 0.747. The zero-order valence-corrected chi connectivity index (χ0v) is 10.5. The van der Waals surface area contributed by atoms with E-state index < -0.39 is 10.0 Å². The Bertz CT molecular complexity index is 275. The summed E-state index contributed by atoms with van der Waals surface area (Å²) in [5.74, 6) is 1.93. The largest absolute Gasteiger partial charge is 0.214 e. The van der Waals surface area contributed by atoms with Crippen molar-refractivity contribution in [3.8, 4) is 0 Å². The van der Waals surface area contributed by atoms with Crippen molar-refractivity contribution in [3.05, 3.63) is 0 Å². The molecule has 1 atom stereocenters. The molecule has 3 nitrogen and oxygen atoms in total. The van der Waals surface area contributed by atoms with Crippen molar-refractivity contribution in [2.75, 3.05) is 24.6 Å². The molecule has 0 bridgehead atoms. The lowest BCUT2D eigenvalue weighted by Crippen LogP contribution is -2.33. The van der Waals surface area contributed by atoms with Crippen LogP contribution in [-0.2, 0) is 10.0 Å². The van der Waals surface area contributed by atoms with E-state index in [2.05, 4.69) is 26.5 Å². The van der Waals surface area contributed by atoms with Crippen LogP contribution in [0.5, 0.6) is 0 Å². The fourth-order valence-corrected chi connectivity index (χ4v) is 3.75. The van der Waals surface area contributed by atoms with Gasteiger partial charge in [0.2, 0.25) is 10.0 Å².